The summed E-state index contributed by atoms with van der Waals surface area (Å²) in [5.74, 6) is -2.05. The van der Waals surface area contributed by atoms with Gasteiger partial charge in [0.1, 0.15) is 5.76 Å². The van der Waals surface area contributed by atoms with Gasteiger partial charge in [0.2, 0.25) is 0 Å². The van der Waals surface area contributed by atoms with Crippen molar-refractivity contribution in [3.05, 3.63) is 106 Å². The Morgan fingerprint density at radius 1 is 0.941 bits per heavy atom. The molecular weight excluding hydrogens is 430 g/mol. The lowest BCUT2D eigenvalue weighted by Crippen LogP contribution is -2.29. The Labute approximate surface area is 198 Å². The van der Waals surface area contributed by atoms with Crippen LogP contribution in [0, 0.1) is 13.8 Å². The minimum absolute atomic E-state index is 0.0433. The predicted molar refractivity (Wildman–Crippen MR) is 129 cm³/mol. The van der Waals surface area contributed by atoms with Gasteiger partial charge < -0.3 is 9.84 Å². The third-order valence-corrected chi connectivity index (χ3v) is 6.04. The number of nitrogens with zero attached hydrogens (tertiary/aromatic N) is 1. The minimum Gasteiger partial charge on any atom is -0.507 e. The molecular formula is C28H25NO5. The van der Waals surface area contributed by atoms with Gasteiger partial charge in [0, 0.05) is 11.3 Å². The number of carbonyl (C=O) groups excluding carboxylic acids is 3. The van der Waals surface area contributed by atoms with E-state index in [1.807, 2.05) is 50.2 Å². The lowest BCUT2D eigenvalue weighted by molar-refractivity contribution is -0.139. The Balaban J connectivity index is 1.86. The molecule has 6 nitrogen and oxygen atoms in total. The molecule has 34 heavy (non-hydrogen) atoms. The molecule has 1 atom stereocenters. The molecule has 1 unspecified atom stereocenters. The topological polar surface area (TPSA) is 83.9 Å². The van der Waals surface area contributed by atoms with Crippen molar-refractivity contribution in [2.75, 3.05) is 12.0 Å². The third kappa shape index (κ3) is 4.22. The van der Waals surface area contributed by atoms with Gasteiger partial charge in [0.25, 0.3) is 11.7 Å². The lowest BCUT2D eigenvalue weighted by Gasteiger charge is -2.26. The van der Waals surface area contributed by atoms with E-state index in [0.29, 0.717) is 11.3 Å². The summed E-state index contributed by atoms with van der Waals surface area (Å²) in [6.45, 7) is 3.83. The van der Waals surface area contributed by atoms with Crippen LogP contribution in [-0.4, -0.2) is 29.9 Å². The highest BCUT2D eigenvalue weighted by molar-refractivity contribution is 6.51. The first kappa shape index (κ1) is 23.0. The molecule has 1 aliphatic rings. The first-order valence-corrected chi connectivity index (χ1v) is 10.9. The molecule has 0 aliphatic carbocycles. The molecule has 1 N–H and O–H groups in total. The quantitative estimate of drug-likeness (QED) is 0.262. The number of hydrogen-bond donors (Lipinski definition) is 1. The van der Waals surface area contributed by atoms with E-state index in [4.69, 9.17) is 4.74 Å². The maximum atomic E-state index is 13.3. The first-order chi connectivity index (χ1) is 16.3. The molecule has 3 aromatic rings. The van der Waals surface area contributed by atoms with E-state index in [2.05, 4.69) is 0 Å². The van der Waals surface area contributed by atoms with Crippen LogP contribution in [0.2, 0.25) is 0 Å². The summed E-state index contributed by atoms with van der Waals surface area (Å²) in [5.41, 5.74) is 4.37. The van der Waals surface area contributed by atoms with Crippen LogP contribution in [0.4, 0.5) is 5.69 Å². The van der Waals surface area contributed by atoms with E-state index in [0.717, 1.165) is 22.3 Å². The van der Waals surface area contributed by atoms with Gasteiger partial charge in [0.05, 0.1) is 25.1 Å². The molecule has 1 saturated heterocycles. The van der Waals surface area contributed by atoms with E-state index >= 15 is 0 Å². The zero-order valence-electron chi connectivity index (χ0n) is 19.2. The van der Waals surface area contributed by atoms with Crippen molar-refractivity contribution in [2.24, 2.45) is 0 Å². The molecule has 0 radical (unpaired) electrons. The molecule has 0 aromatic heterocycles. The Kier molecular flexibility index (Phi) is 6.32. The molecule has 3 aromatic carbocycles. The summed E-state index contributed by atoms with van der Waals surface area (Å²) < 4.78 is 4.71. The number of esters is 1. The maximum absolute atomic E-state index is 13.3. The summed E-state index contributed by atoms with van der Waals surface area (Å²) in [6, 6.07) is 20.7. The zero-order valence-corrected chi connectivity index (χ0v) is 19.2. The predicted octanol–water partition coefficient (Wildman–Crippen LogP) is 4.65. The van der Waals surface area contributed by atoms with E-state index in [1.165, 1.54) is 12.0 Å². The van der Waals surface area contributed by atoms with Gasteiger partial charge in [-0.15, -0.1) is 0 Å². The number of Topliss-reactive ketones (excluding diaryl/α,β-unsaturated/α-hetero) is 1. The van der Waals surface area contributed by atoms with Crippen LogP contribution in [0.25, 0.3) is 5.76 Å². The molecule has 0 spiro atoms. The fourth-order valence-electron chi connectivity index (χ4n) is 4.17. The normalized spacial score (nSPS) is 17.1. The number of benzene rings is 3. The second-order valence-corrected chi connectivity index (χ2v) is 8.31. The van der Waals surface area contributed by atoms with Crippen LogP contribution in [0.1, 0.15) is 33.9 Å². The Morgan fingerprint density at radius 2 is 1.59 bits per heavy atom. The third-order valence-electron chi connectivity index (χ3n) is 6.04. The van der Waals surface area contributed by atoms with E-state index in [-0.39, 0.29) is 23.7 Å². The van der Waals surface area contributed by atoms with Gasteiger partial charge in [-0.1, -0.05) is 66.2 Å². The first-order valence-electron chi connectivity index (χ1n) is 10.9. The molecule has 0 bridgehead atoms. The number of rotatable bonds is 5. The summed E-state index contributed by atoms with van der Waals surface area (Å²) in [4.78, 5) is 39.5. The highest BCUT2D eigenvalue weighted by atomic mass is 16.5. The highest BCUT2D eigenvalue weighted by Gasteiger charge is 2.47. The second kappa shape index (κ2) is 9.35. The van der Waals surface area contributed by atoms with Crippen molar-refractivity contribution >= 4 is 29.1 Å². The number of carbonyl (C=O) groups is 3. The van der Waals surface area contributed by atoms with Gasteiger partial charge in [-0.3, -0.25) is 19.3 Å². The summed E-state index contributed by atoms with van der Waals surface area (Å²) in [7, 11) is 1.33. The largest absolute Gasteiger partial charge is 0.507 e. The zero-order chi connectivity index (χ0) is 24.4. The summed E-state index contributed by atoms with van der Waals surface area (Å²) in [6.07, 6.45) is 0.101. The molecule has 1 amide bonds. The van der Waals surface area contributed by atoms with E-state index < -0.39 is 17.7 Å². The van der Waals surface area contributed by atoms with E-state index in [1.54, 1.807) is 36.4 Å². The molecule has 4 rings (SSSR count). The summed E-state index contributed by atoms with van der Waals surface area (Å²) >= 11 is 0. The average Bonchev–Trinajstić information content (AvgIpc) is 3.10. The van der Waals surface area contributed by atoms with Crippen LogP contribution in [-0.2, 0) is 25.5 Å². The van der Waals surface area contributed by atoms with Gasteiger partial charge in [-0.2, -0.15) is 0 Å². The van der Waals surface area contributed by atoms with Gasteiger partial charge >= 0.3 is 5.97 Å². The SMILES string of the molecule is COC(=O)Cc1ccc(N2C(=O)C(=O)/C(=C(\O)c3ccc(C)cc3)C2c2ccccc2C)cc1. The number of anilines is 1. The van der Waals surface area contributed by atoms with E-state index in [9.17, 15) is 19.5 Å². The molecule has 1 aliphatic heterocycles. The average molecular weight is 456 g/mol. The van der Waals surface area contributed by atoms with Crippen molar-refractivity contribution in [3.8, 4) is 0 Å². The molecule has 172 valence electrons. The van der Waals surface area contributed by atoms with Crippen LogP contribution in [0.5, 0.6) is 0 Å². The van der Waals surface area contributed by atoms with Crippen molar-refractivity contribution in [2.45, 2.75) is 26.3 Å². The van der Waals surface area contributed by atoms with Crippen molar-refractivity contribution in [3.63, 3.8) is 0 Å². The minimum atomic E-state index is -0.797. The highest BCUT2D eigenvalue weighted by Crippen LogP contribution is 2.43. The number of aryl methyl sites for hydroxylation is 2. The monoisotopic (exact) mass is 455 g/mol. The number of aliphatic hydroxyl groups excluding tert-OH is 1. The molecule has 1 heterocycles. The number of hydrogen-bond acceptors (Lipinski definition) is 5. The Bertz CT molecular complexity index is 1290. The van der Waals surface area contributed by atoms with Gasteiger partial charge in [-0.25, -0.2) is 0 Å². The molecule has 6 heteroatoms. The van der Waals surface area contributed by atoms with Crippen LogP contribution in [0.3, 0.4) is 0 Å². The Hall–Kier alpha value is -4.19. The molecule has 1 fully saturated rings. The standard InChI is InChI=1S/C28H25NO5/c1-17-8-12-20(13-9-17)26(31)24-25(22-7-5-4-6-18(22)2)29(28(33)27(24)32)21-14-10-19(11-15-21)16-23(30)34-3/h4-15,25,31H,16H2,1-3H3/b26-24-. The summed E-state index contributed by atoms with van der Waals surface area (Å²) in [5, 5.41) is 11.2. The van der Waals surface area contributed by atoms with Crippen LogP contribution < -0.4 is 4.90 Å². The smallest absolute Gasteiger partial charge is 0.309 e. The number of ketones is 1. The van der Waals surface area contributed by atoms with Crippen LogP contribution in [0.15, 0.2) is 78.4 Å². The maximum Gasteiger partial charge on any atom is 0.309 e. The van der Waals surface area contributed by atoms with Gasteiger partial charge in [0.15, 0.2) is 0 Å². The number of amides is 1. The van der Waals surface area contributed by atoms with Crippen LogP contribution >= 0.6 is 0 Å². The number of methoxy groups -OCH3 is 1. The lowest BCUT2D eigenvalue weighted by atomic mass is 9.92. The Morgan fingerprint density at radius 3 is 2.21 bits per heavy atom. The second-order valence-electron chi connectivity index (χ2n) is 8.31. The van der Waals surface area contributed by atoms with Crippen molar-refractivity contribution in [1.82, 2.24) is 0 Å². The van der Waals surface area contributed by atoms with Crippen molar-refractivity contribution in [1.29, 1.82) is 0 Å². The fourth-order valence-corrected chi connectivity index (χ4v) is 4.17. The fraction of sp³-hybridized carbons (Fsp3) is 0.179. The molecule has 0 saturated carbocycles. The van der Waals surface area contributed by atoms with Crippen molar-refractivity contribution < 1.29 is 24.2 Å². The number of aliphatic hydroxyl groups is 1. The number of ether oxygens (including phenoxy) is 1. The van der Waals surface area contributed by atoms with Gasteiger partial charge in [-0.05, 0) is 42.7 Å².